The summed E-state index contributed by atoms with van der Waals surface area (Å²) in [4.78, 5) is 16.0. The number of rotatable bonds is 3. The molecule has 0 aliphatic carbocycles. The Labute approximate surface area is 147 Å². The quantitative estimate of drug-likeness (QED) is 0.814. The van der Waals surface area contributed by atoms with Gasteiger partial charge in [0.1, 0.15) is 5.82 Å². The second-order valence-electron chi connectivity index (χ2n) is 5.66. The van der Waals surface area contributed by atoms with Gasteiger partial charge in [0, 0.05) is 11.8 Å². The highest BCUT2D eigenvalue weighted by molar-refractivity contribution is 6.01. The molecule has 1 atom stereocenters. The number of hydrogen-bond donors (Lipinski definition) is 1. The fraction of sp³-hybridized carbons (Fsp3) is 0.250. The van der Waals surface area contributed by atoms with Gasteiger partial charge in [0.25, 0.3) is 0 Å². The SMILES string of the molecule is O=C1N(Cc2cncc(F)c2)c2cccc(C(O)C(F)(F)F)c2OC1(F)F. The third-order valence-electron chi connectivity index (χ3n) is 3.75. The highest BCUT2D eigenvalue weighted by Crippen LogP contribution is 2.47. The first-order valence-electron chi connectivity index (χ1n) is 7.36. The number of aliphatic hydroxyl groups is 1. The molecule has 0 radical (unpaired) electrons. The lowest BCUT2D eigenvalue weighted by molar-refractivity contribution is -0.211. The first-order chi connectivity index (χ1) is 12.5. The summed E-state index contributed by atoms with van der Waals surface area (Å²) < 4.78 is 83.9. The zero-order chi connectivity index (χ0) is 20.0. The average Bonchev–Trinajstić information content (AvgIpc) is 2.57. The molecule has 1 aromatic carbocycles. The largest absolute Gasteiger partial charge is 0.483 e. The van der Waals surface area contributed by atoms with E-state index in [0.29, 0.717) is 4.90 Å². The van der Waals surface area contributed by atoms with Crippen LogP contribution in [0.2, 0.25) is 0 Å². The van der Waals surface area contributed by atoms with Crippen LogP contribution in [0.3, 0.4) is 0 Å². The van der Waals surface area contributed by atoms with Crippen LogP contribution in [0.4, 0.5) is 32.0 Å². The van der Waals surface area contributed by atoms with Gasteiger partial charge in [-0.25, -0.2) is 4.39 Å². The number of aliphatic hydroxyl groups excluding tert-OH is 1. The van der Waals surface area contributed by atoms with Crippen molar-refractivity contribution in [3.8, 4) is 5.75 Å². The number of anilines is 1. The van der Waals surface area contributed by atoms with Crippen LogP contribution in [0.1, 0.15) is 17.2 Å². The maximum Gasteiger partial charge on any atom is 0.483 e. The monoisotopic (exact) mass is 392 g/mol. The van der Waals surface area contributed by atoms with Gasteiger partial charge in [-0.05, 0) is 17.7 Å². The van der Waals surface area contributed by atoms with Crippen LogP contribution in [0.15, 0.2) is 36.7 Å². The molecule has 0 saturated carbocycles. The van der Waals surface area contributed by atoms with Gasteiger partial charge in [0.05, 0.1) is 18.4 Å². The molecule has 144 valence electrons. The second kappa shape index (κ2) is 6.41. The number of nitrogens with zero attached hydrogens (tertiary/aromatic N) is 2. The van der Waals surface area contributed by atoms with E-state index in [1.165, 1.54) is 0 Å². The summed E-state index contributed by atoms with van der Waals surface area (Å²) in [5.41, 5.74) is -1.38. The van der Waals surface area contributed by atoms with E-state index in [1.54, 1.807) is 0 Å². The van der Waals surface area contributed by atoms with E-state index in [0.717, 1.165) is 36.7 Å². The highest BCUT2D eigenvalue weighted by Gasteiger charge is 2.52. The third-order valence-corrected chi connectivity index (χ3v) is 3.75. The Morgan fingerprint density at radius 1 is 1.26 bits per heavy atom. The molecule has 5 nitrogen and oxygen atoms in total. The molecule has 2 heterocycles. The van der Waals surface area contributed by atoms with Gasteiger partial charge in [-0.3, -0.25) is 14.7 Å². The summed E-state index contributed by atoms with van der Waals surface area (Å²) in [5, 5.41) is 9.45. The minimum Gasteiger partial charge on any atom is -0.423 e. The number of halogens is 6. The number of carbonyl (C=O) groups excluding carboxylic acids is 1. The summed E-state index contributed by atoms with van der Waals surface area (Å²) in [5.74, 6) is -3.63. The number of ether oxygens (including phenoxy) is 1. The van der Waals surface area contributed by atoms with Crippen molar-refractivity contribution in [3.05, 3.63) is 53.6 Å². The first-order valence-corrected chi connectivity index (χ1v) is 7.36. The molecule has 3 rings (SSSR count). The lowest BCUT2D eigenvalue weighted by Gasteiger charge is -2.35. The number of aromatic nitrogens is 1. The molecular formula is C16H10F6N2O3. The Hall–Kier alpha value is -2.82. The van der Waals surface area contributed by atoms with E-state index in [4.69, 9.17) is 0 Å². The van der Waals surface area contributed by atoms with E-state index in [9.17, 15) is 36.2 Å². The maximum atomic E-state index is 14.0. The van der Waals surface area contributed by atoms with Crippen molar-refractivity contribution in [1.82, 2.24) is 4.98 Å². The van der Waals surface area contributed by atoms with E-state index in [2.05, 4.69) is 9.72 Å². The fourth-order valence-electron chi connectivity index (χ4n) is 2.58. The average molecular weight is 392 g/mol. The van der Waals surface area contributed by atoms with Crippen LogP contribution >= 0.6 is 0 Å². The van der Waals surface area contributed by atoms with Crippen LogP contribution in [-0.4, -0.2) is 28.3 Å². The molecule has 1 aliphatic rings. The normalized spacial score (nSPS) is 17.3. The molecule has 0 saturated heterocycles. The number of pyridine rings is 1. The Bertz CT molecular complexity index is 887. The standard InChI is InChI=1S/C16H10F6N2O3/c17-9-4-8(5-23-6-9)7-24-11-3-1-2-10(13(25)15(18,19)20)12(11)27-16(21,22)14(24)26/h1-6,13,25H,7H2. The molecule has 2 aromatic rings. The number of para-hydroxylation sites is 1. The third kappa shape index (κ3) is 3.54. The van der Waals surface area contributed by atoms with Crippen LogP contribution in [-0.2, 0) is 11.3 Å². The summed E-state index contributed by atoms with van der Waals surface area (Å²) in [6.45, 7) is -0.596. The van der Waals surface area contributed by atoms with Crippen LogP contribution in [0.5, 0.6) is 5.75 Å². The van der Waals surface area contributed by atoms with E-state index < -0.39 is 53.7 Å². The predicted octanol–water partition coefficient (Wildman–Crippen LogP) is 3.33. The van der Waals surface area contributed by atoms with Gasteiger partial charge >= 0.3 is 18.2 Å². The number of amides is 1. The van der Waals surface area contributed by atoms with Crippen molar-refractivity contribution >= 4 is 11.6 Å². The molecule has 0 spiro atoms. The van der Waals surface area contributed by atoms with Crippen LogP contribution in [0, 0.1) is 5.82 Å². The summed E-state index contributed by atoms with van der Waals surface area (Å²) in [7, 11) is 0. The lowest BCUT2D eigenvalue weighted by atomic mass is 10.0. The molecule has 27 heavy (non-hydrogen) atoms. The van der Waals surface area contributed by atoms with Gasteiger partial charge in [-0.1, -0.05) is 12.1 Å². The second-order valence-corrected chi connectivity index (χ2v) is 5.66. The maximum absolute atomic E-state index is 14.0. The van der Waals surface area contributed by atoms with Crippen molar-refractivity contribution in [3.63, 3.8) is 0 Å². The Balaban J connectivity index is 2.10. The minimum atomic E-state index is -5.15. The number of fused-ring (bicyclic) bond motifs is 1. The molecule has 0 bridgehead atoms. The number of benzene rings is 1. The van der Waals surface area contributed by atoms with Gasteiger partial charge in [-0.2, -0.15) is 22.0 Å². The van der Waals surface area contributed by atoms with Gasteiger partial charge in [0.15, 0.2) is 11.9 Å². The highest BCUT2D eigenvalue weighted by atomic mass is 19.4. The Morgan fingerprint density at radius 2 is 1.96 bits per heavy atom. The molecule has 0 fully saturated rings. The van der Waals surface area contributed by atoms with Gasteiger partial charge < -0.3 is 9.84 Å². The number of hydrogen-bond acceptors (Lipinski definition) is 4. The fourth-order valence-corrected chi connectivity index (χ4v) is 2.58. The molecular weight excluding hydrogens is 382 g/mol. The minimum absolute atomic E-state index is 0.0220. The molecule has 1 N–H and O–H groups in total. The van der Waals surface area contributed by atoms with Crippen molar-refractivity contribution in [2.75, 3.05) is 4.90 Å². The zero-order valence-corrected chi connectivity index (χ0v) is 13.2. The van der Waals surface area contributed by atoms with E-state index in [-0.39, 0.29) is 5.56 Å². The zero-order valence-electron chi connectivity index (χ0n) is 13.2. The van der Waals surface area contributed by atoms with Crippen LogP contribution < -0.4 is 9.64 Å². The number of alkyl halides is 5. The molecule has 1 amide bonds. The van der Waals surface area contributed by atoms with Crippen molar-refractivity contribution in [1.29, 1.82) is 0 Å². The lowest BCUT2D eigenvalue weighted by Crippen LogP contribution is -2.50. The smallest absolute Gasteiger partial charge is 0.423 e. The Kier molecular flexibility index (Phi) is 4.50. The van der Waals surface area contributed by atoms with E-state index >= 15 is 0 Å². The number of carbonyl (C=O) groups is 1. The van der Waals surface area contributed by atoms with Crippen LogP contribution in [0.25, 0.3) is 0 Å². The predicted molar refractivity (Wildman–Crippen MR) is 78.4 cm³/mol. The van der Waals surface area contributed by atoms with Crippen molar-refractivity contribution < 1.29 is 41.0 Å². The van der Waals surface area contributed by atoms with Crippen molar-refractivity contribution in [2.24, 2.45) is 0 Å². The molecule has 11 heteroatoms. The van der Waals surface area contributed by atoms with Gasteiger partial charge in [0.2, 0.25) is 0 Å². The first kappa shape index (κ1) is 19.0. The summed E-state index contributed by atoms with van der Waals surface area (Å²) in [6, 6.07) is 3.80. The van der Waals surface area contributed by atoms with E-state index in [1.807, 2.05) is 0 Å². The summed E-state index contributed by atoms with van der Waals surface area (Å²) >= 11 is 0. The topological polar surface area (TPSA) is 62.7 Å². The Morgan fingerprint density at radius 3 is 2.59 bits per heavy atom. The van der Waals surface area contributed by atoms with Crippen molar-refractivity contribution in [2.45, 2.75) is 24.9 Å². The molecule has 1 unspecified atom stereocenters. The van der Waals surface area contributed by atoms with Gasteiger partial charge in [-0.15, -0.1) is 0 Å². The summed E-state index contributed by atoms with van der Waals surface area (Å²) in [6.07, 6.45) is -10.8. The molecule has 1 aromatic heterocycles. The molecule has 1 aliphatic heterocycles.